The molecule has 0 radical (unpaired) electrons. The molecule has 0 aromatic heterocycles. The smallest absolute Gasteiger partial charge is 0.233 e. The zero-order valence-corrected chi connectivity index (χ0v) is 5.56. The minimum Gasteiger partial charge on any atom is -0.279 e. The Labute approximate surface area is 49.6 Å². The van der Waals surface area contributed by atoms with Crippen molar-refractivity contribution >= 4 is 5.91 Å². The molecule has 48 valence electrons. The summed E-state index contributed by atoms with van der Waals surface area (Å²) in [6.07, 6.45) is 0. The molecule has 1 N–H and O–H groups in total. The van der Waals surface area contributed by atoms with Crippen LogP contribution in [0.5, 0.6) is 0 Å². The third-order valence-corrected chi connectivity index (χ3v) is 0.966. The normalized spacial score (nSPS) is 8.88. The number of carbonyl (C=O) groups is 1. The second-order valence-electron chi connectivity index (χ2n) is 1.49. The summed E-state index contributed by atoms with van der Waals surface area (Å²) in [5.41, 5.74) is 2.73. The molecule has 0 heterocycles. The van der Waals surface area contributed by atoms with E-state index in [1.165, 1.54) is 11.9 Å². The highest BCUT2D eigenvalue weighted by molar-refractivity contribution is 5.72. The predicted octanol–water partition coefficient (Wildman–Crippen LogP) is -0.0108. The Morgan fingerprint density at radius 3 is 2.25 bits per heavy atom. The molecule has 1 amide bonds. The maximum Gasteiger partial charge on any atom is 0.233 e. The molecule has 8 heavy (non-hydrogen) atoms. The Bertz CT molecular complexity index is 78.5. The van der Waals surface area contributed by atoms with Crippen molar-refractivity contribution in [3.05, 3.63) is 0 Å². The van der Waals surface area contributed by atoms with Crippen LogP contribution in [0.1, 0.15) is 13.8 Å². The van der Waals surface area contributed by atoms with Gasteiger partial charge in [-0.3, -0.25) is 9.80 Å². The molecular formula is C5H12N2O. The van der Waals surface area contributed by atoms with Crippen molar-refractivity contribution in [2.24, 2.45) is 0 Å². The zero-order valence-electron chi connectivity index (χ0n) is 5.56. The molecule has 0 fully saturated rings. The van der Waals surface area contributed by atoms with Crippen molar-refractivity contribution in [1.29, 1.82) is 0 Å². The summed E-state index contributed by atoms with van der Waals surface area (Å²) >= 11 is 0. The second-order valence-corrected chi connectivity index (χ2v) is 1.49. The molecule has 0 aliphatic carbocycles. The molecule has 0 spiro atoms. The van der Waals surface area contributed by atoms with Crippen LogP contribution in [0.25, 0.3) is 0 Å². The van der Waals surface area contributed by atoms with Gasteiger partial charge in [-0.1, -0.05) is 0 Å². The van der Waals surface area contributed by atoms with Crippen LogP contribution < -0.4 is 5.43 Å². The molecule has 0 aliphatic heterocycles. The molecule has 0 aliphatic rings. The van der Waals surface area contributed by atoms with E-state index in [1.54, 1.807) is 7.05 Å². The summed E-state index contributed by atoms with van der Waals surface area (Å²) in [6.45, 7) is 4.16. The first kappa shape index (κ1) is 7.43. The fraction of sp³-hybridized carbons (Fsp3) is 0.800. The number of nitrogens with zero attached hydrogens (tertiary/aromatic N) is 1. The van der Waals surface area contributed by atoms with Crippen LogP contribution in [0.4, 0.5) is 0 Å². The molecule has 0 rings (SSSR count). The fourth-order valence-corrected chi connectivity index (χ4v) is 0.538. The maximum absolute atomic E-state index is 10.5. The van der Waals surface area contributed by atoms with Gasteiger partial charge in [0.15, 0.2) is 0 Å². The van der Waals surface area contributed by atoms with E-state index in [4.69, 9.17) is 0 Å². The molecule has 0 aromatic carbocycles. The lowest BCUT2D eigenvalue weighted by Gasteiger charge is -2.15. The topological polar surface area (TPSA) is 32.3 Å². The van der Waals surface area contributed by atoms with E-state index in [2.05, 4.69) is 5.43 Å². The highest BCUT2D eigenvalue weighted by atomic mass is 16.2. The number of rotatable bonds is 2. The Balaban J connectivity index is 3.52. The van der Waals surface area contributed by atoms with Gasteiger partial charge in [-0.05, 0) is 6.92 Å². The maximum atomic E-state index is 10.5. The summed E-state index contributed by atoms with van der Waals surface area (Å²) < 4.78 is 0. The number of hydrazine groups is 1. The number of carbonyl (C=O) groups excluding carboxylic acids is 1. The average Bonchev–Trinajstić information content (AvgIpc) is 1.69. The van der Waals surface area contributed by atoms with E-state index in [9.17, 15) is 4.79 Å². The monoisotopic (exact) mass is 116 g/mol. The van der Waals surface area contributed by atoms with Crippen molar-refractivity contribution < 1.29 is 4.79 Å². The first-order valence-electron chi connectivity index (χ1n) is 2.67. The van der Waals surface area contributed by atoms with Gasteiger partial charge in [0, 0.05) is 20.5 Å². The minimum absolute atomic E-state index is 0.0509. The van der Waals surface area contributed by atoms with Crippen LogP contribution in [-0.4, -0.2) is 24.5 Å². The molecule has 0 bridgehead atoms. The first-order chi connectivity index (χ1) is 3.72. The fourth-order valence-electron chi connectivity index (χ4n) is 0.538. The SMILES string of the molecule is CCN(NC)C(C)=O. The van der Waals surface area contributed by atoms with E-state index >= 15 is 0 Å². The van der Waals surface area contributed by atoms with Gasteiger partial charge < -0.3 is 0 Å². The Morgan fingerprint density at radius 1 is 1.75 bits per heavy atom. The lowest BCUT2D eigenvalue weighted by Crippen LogP contribution is -2.38. The zero-order chi connectivity index (χ0) is 6.57. The predicted molar refractivity (Wildman–Crippen MR) is 32.1 cm³/mol. The molecule has 3 nitrogen and oxygen atoms in total. The molecule has 0 aromatic rings. The Hall–Kier alpha value is -0.570. The van der Waals surface area contributed by atoms with Crippen molar-refractivity contribution in [2.75, 3.05) is 13.6 Å². The average molecular weight is 116 g/mol. The Kier molecular flexibility index (Phi) is 3.19. The van der Waals surface area contributed by atoms with Gasteiger partial charge in [0.25, 0.3) is 0 Å². The number of hydrogen-bond donors (Lipinski definition) is 1. The third-order valence-electron chi connectivity index (χ3n) is 0.966. The summed E-state index contributed by atoms with van der Waals surface area (Å²) in [7, 11) is 1.73. The molecule has 0 saturated heterocycles. The highest BCUT2D eigenvalue weighted by Crippen LogP contribution is 1.78. The standard InChI is InChI=1S/C5H12N2O/c1-4-7(6-3)5(2)8/h6H,4H2,1-3H3. The van der Waals surface area contributed by atoms with Crippen molar-refractivity contribution in [3.63, 3.8) is 0 Å². The van der Waals surface area contributed by atoms with Crippen LogP contribution in [0, 0.1) is 0 Å². The number of nitrogens with one attached hydrogen (secondary N) is 1. The van der Waals surface area contributed by atoms with Gasteiger partial charge >= 0.3 is 0 Å². The third kappa shape index (κ3) is 1.93. The van der Waals surface area contributed by atoms with Crippen LogP contribution >= 0.6 is 0 Å². The van der Waals surface area contributed by atoms with Crippen molar-refractivity contribution in [3.8, 4) is 0 Å². The highest BCUT2D eigenvalue weighted by Gasteiger charge is 1.98. The number of hydrogen-bond acceptors (Lipinski definition) is 2. The molecule has 0 atom stereocenters. The number of amides is 1. The molecule has 3 heteroatoms. The van der Waals surface area contributed by atoms with Gasteiger partial charge in [0.2, 0.25) is 5.91 Å². The summed E-state index contributed by atoms with van der Waals surface area (Å²) in [6, 6.07) is 0. The Morgan fingerprint density at radius 2 is 2.25 bits per heavy atom. The minimum atomic E-state index is 0.0509. The quantitative estimate of drug-likeness (QED) is 0.514. The van der Waals surface area contributed by atoms with Gasteiger partial charge in [0.05, 0.1) is 0 Å². The first-order valence-corrected chi connectivity index (χ1v) is 2.67. The molecule has 0 unspecified atom stereocenters. The van der Waals surface area contributed by atoms with Crippen LogP contribution in [0.2, 0.25) is 0 Å². The lowest BCUT2D eigenvalue weighted by atomic mass is 10.6. The van der Waals surface area contributed by atoms with E-state index in [-0.39, 0.29) is 5.91 Å². The molecule has 0 saturated carbocycles. The summed E-state index contributed by atoms with van der Waals surface area (Å²) in [5.74, 6) is 0.0509. The van der Waals surface area contributed by atoms with Gasteiger partial charge in [-0.2, -0.15) is 0 Å². The van der Waals surface area contributed by atoms with Crippen LogP contribution in [0.15, 0.2) is 0 Å². The van der Waals surface area contributed by atoms with Crippen molar-refractivity contribution in [2.45, 2.75) is 13.8 Å². The van der Waals surface area contributed by atoms with E-state index in [1.807, 2.05) is 6.92 Å². The van der Waals surface area contributed by atoms with Gasteiger partial charge in [-0.15, -0.1) is 0 Å². The largest absolute Gasteiger partial charge is 0.279 e. The van der Waals surface area contributed by atoms with E-state index in [0.29, 0.717) is 6.54 Å². The summed E-state index contributed by atoms with van der Waals surface area (Å²) in [5, 5.41) is 1.53. The van der Waals surface area contributed by atoms with E-state index < -0.39 is 0 Å². The summed E-state index contributed by atoms with van der Waals surface area (Å²) in [4.78, 5) is 10.5. The van der Waals surface area contributed by atoms with Gasteiger partial charge in [-0.25, -0.2) is 5.43 Å². The van der Waals surface area contributed by atoms with Crippen LogP contribution in [-0.2, 0) is 4.79 Å². The molecular weight excluding hydrogens is 104 g/mol. The lowest BCUT2D eigenvalue weighted by molar-refractivity contribution is -0.131. The van der Waals surface area contributed by atoms with Gasteiger partial charge in [0.1, 0.15) is 0 Å². The van der Waals surface area contributed by atoms with Crippen LogP contribution in [0.3, 0.4) is 0 Å². The van der Waals surface area contributed by atoms with E-state index in [0.717, 1.165) is 0 Å². The second kappa shape index (κ2) is 3.43. The van der Waals surface area contributed by atoms with Crippen molar-refractivity contribution in [1.82, 2.24) is 10.4 Å².